The molecule has 102 valence electrons. The Balaban J connectivity index is 2.67. The van der Waals surface area contributed by atoms with E-state index < -0.39 is 0 Å². The van der Waals surface area contributed by atoms with Crippen LogP contribution in [0.3, 0.4) is 0 Å². The van der Waals surface area contributed by atoms with Crippen LogP contribution in [-0.4, -0.2) is 15.0 Å². The van der Waals surface area contributed by atoms with E-state index in [9.17, 15) is 0 Å². The van der Waals surface area contributed by atoms with Gasteiger partial charge >= 0.3 is 0 Å². The van der Waals surface area contributed by atoms with Gasteiger partial charge in [0.2, 0.25) is 0 Å². The van der Waals surface area contributed by atoms with Crippen molar-refractivity contribution in [3.8, 4) is 5.69 Å². The van der Waals surface area contributed by atoms with E-state index in [2.05, 4.69) is 63.1 Å². The third-order valence-electron chi connectivity index (χ3n) is 3.19. The van der Waals surface area contributed by atoms with Crippen LogP contribution in [0.5, 0.6) is 0 Å². The number of nitrogens with zero attached hydrogens (tertiary/aromatic N) is 3. The molecule has 1 heterocycles. The first-order valence-electron chi connectivity index (χ1n) is 6.63. The van der Waals surface area contributed by atoms with Gasteiger partial charge in [-0.1, -0.05) is 58.0 Å². The lowest BCUT2D eigenvalue weighted by Gasteiger charge is -2.22. The molecule has 0 spiro atoms. The monoisotopic (exact) mass is 258 g/mol. The van der Waals surface area contributed by atoms with E-state index in [1.54, 1.807) is 0 Å². The number of aromatic nitrogens is 3. The second kappa shape index (κ2) is 4.68. The summed E-state index contributed by atoms with van der Waals surface area (Å²) in [5, 5.41) is 8.29. The highest BCUT2D eigenvalue weighted by Gasteiger charge is 2.25. The summed E-state index contributed by atoms with van der Waals surface area (Å²) in [4.78, 5) is 0. The molecule has 4 nitrogen and oxygen atoms in total. The topological polar surface area (TPSA) is 56.7 Å². The Kier molecular flexibility index (Phi) is 3.35. The van der Waals surface area contributed by atoms with Crippen molar-refractivity contribution in [3.63, 3.8) is 0 Å². The third-order valence-corrected chi connectivity index (χ3v) is 3.19. The molecular formula is C15H22N4. The summed E-state index contributed by atoms with van der Waals surface area (Å²) in [6.07, 6.45) is 0. The average molecular weight is 258 g/mol. The molecule has 0 saturated carbocycles. The fourth-order valence-corrected chi connectivity index (χ4v) is 2.33. The molecule has 1 aromatic heterocycles. The van der Waals surface area contributed by atoms with E-state index in [0.29, 0.717) is 11.7 Å². The van der Waals surface area contributed by atoms with Gasteiger partial charge in [-0.05, 0) is 17.5 Å². The van der Waals surface area contributed by atoms with E-state index >= 15 is 0 Å². The predicted molar refractivity (Wildman–Crippen MR) is 78.6 cm³/mol. The number of hydrogen-bond acceptors (Lipinski definition) is 3. The van der Waals surface area contributed by atoms with Crippen LogP contribution >= 0.6 is 0 Å². The second-order valence-electron chi connectivity index (χ2n) is 6.20. The Labute approximate surface area is 114 Å². The fraction of sp³-hybridized carbons (Fsp3) is 0.467. The number of nitrogen functional groups attached to an aromatic ring is 1. The molecule has 0 aliphatic heterocycles. The van der Waals surface area contributed by atoms with Crippen molar-refractivity contribution in [1.82, 2.24) is 15.0 Å². The van der Waals surface area contributed by atoms with Gasteiger partial charge < -0.3 is 5.73 Å². The second-order valence-corrected chi connectivity index (χ2v) is 6.20. The van der Waals surface area contributed by atoms with Gasteiger partial charge in [-0.15, -0.1) is 5.10 Å². The maximum Gasteiger partial charge on any atom is 0.170 e. The molecule has 0 aliphatic rings. The first kappa shape index (κ1) is 13.6. The molecule has 0 unspecified atom stereocenters. The van der Waals surface area contributed by atoms with Crippen LogP contribution in [0.1, 0.15) is 51.8 Å². The highest BCUT2D eigenvalue weighted by Crippen LogP contribution is 2.31. The van der Waals surface area contributed by atoms with Crippen LogP contribution in [0.2, 0.25) is 0 Å². The minimum atomic E-state index is -0.0995. The largest absolute Gasteiger partial charge is 0.381 e. The molecule has 0 saturated heterocycles. The Hall–Kier alpha value is -1.84. The maximum absolute atomic E-state index is 6.00. The summed E-state index contributed by atoms with van der Waals surface area (Å²) in [7, 11) is 0. The summed E-state index contributed by atoms with van der Waals surface area (Å²) in [6.45, 7) is 10.7. The Bertz CT molecular complexity index is 576. The lowest BCUT2D eigenvalue weighted by molar-refractivity contribution is 0.542. The molecule has 2 N–H and O–H groups in total. The third kappa shape index (κ3) is 2.48. The zero-order valence-corrected chi connectivity index (χ0v) is 12.3. The standard InChI is InChI=1S/C15H22N4/c1-10(2)11-8-6-7-9-12(11)19-13(15(3,4)5)14(16)17-18-19/h6-10H,16H2,1-5H3. The first-order chi connectivity index (χ1) is 8.82. The van der Waals surface area contributed by atoms with Gasteiger partial charge in [-0.3, -0.25) is 0 Å². The van der Waals surface area contributed by atoms with E-state index in [1.807, 2.05) is 10.7 Å². The SMILES string of the molecule is CC(C)c1ccccc1-n1nnc(N)c1C(C)(C)C. The normalized spacial score (nSPS) is 12.1. The van der Waals surface area contributed by atoms with Crippen molar-refractivity contribution in [3.05, 3.63) is 35.5 Å². The molecule has 2 aromatic rings. The highest BCUT2D eigenvalue weighted by atomic mass is 15.4. The number of para-hydroxylation sites is 1. The van der Waals surface area contributed by atoms with Crippen LogP contribution in [0, 0.1) is 0 Å². The van der Waals surface area contributed by atoms with Gasteiger partial charge in [0.15, 0.2) is 5.82 Å². The maximum atomic E-state index is 6.00. The van der Waals surface area contributed by atoms with Gasteiger partial charge in [-0.2, -0.15) is 0 Å². The minimum absolute atomic E-state index is 0.0995. The van der Waals surface area contributed by atoms with Gasteiger partial charge in [-0.25, -0.2) is 4.68 Å². The molecule has 0 fully saturated rings. The van der Waals surface area contributed by atoms with Gasteiger partial charge in [0, 0.05) is 5.41 Å². The summed E-state index contributed by atoms with van der Waals surface area (Å²) in [6, 6.07) is 8.27. The van der Waals surface area contributed by atoms with E-state index in [-0.39, 0.29) is 5.41 Å². The number of anilines is 1. The summed E-state index contributed by atoms with van der Waals surface area (Å²) in [5.41, 5.74) is 9.17. The molecule has 4 heteroatoms. The van der Waals surface area contributed by atoms with Gasteiger partial charge in [0.1, 0.15) is 0 Å². The number of nitrogens with two attached hydrogens (primary N) is 1. The Morgan fingerprint density at radius 3 is 2.37 bits per heavy atom. The molecule has 0 bridgehead atoms. The molecule has 1 aromatic carbocycles. The summed E-state index contributed by atoms with van der Waals surface area (Å²) in [5.74, 6) is 0.931. The van der Waals surface area contributed by atoms with Crippen LogP contribution in [0.4, 0.5) is 5.82 Å². The van der Waals surface area contributed by atoms with Crippen LogP contribution in [0.25, 0.3) is 5.69 Å². The van der Waals surface area contributed by atoms with Crippen molar-refractivity contribution in [2.75, 3.05) is 5.73 Å². The Morgan fingerprint density at radius 1 is 1.16 bits per heavy atom. The van der Waals surface area contributed by atoms with Crippen molar-refractivity contribution in [2.24, 2.45) is 0 Å². The molecule has 2 rings (SSSR count). The zero-order valence-electron chi connectivity index (χ0n) is 12.3. The predicted octanol–water partition coefficient (Wildman–Crippen LogP) is 3.27. The number of benzene rings is 1. The van der Waals surface area contributed by atoms with Crippen molar-refractivity contribution >= 4 is 5.82 Å². The van der Waals surface area contributed by atoms with E-state index in [0.717, 1.165) is 11.4 Å². The first-order valence-corrected chi connectivity index (χ1v) is 6.63. The molecular weight excluding hydrogens is 236 g/mol. The van der Waals surface area contributed by atoms with Gasteiger partial charge in [0.25, 0.3) is 0 Å². The number of rotatable bonds is 2. The Morgan fingerprint density at radius 2 is 1.79 bits per heavy atom. The van der Waals surface area contributed by atoms with Crippen LogP contribution in [0.15, 0.2) is 24.3 Å². The highest BCUT2D eigenvalue weighted by molar-refractivity contribution is 5.48. The average Bonchev–Trinajstić information content (AvgIpc) is 2.70. The molecule has 0 atom stereocenters. The minimum Gasteiger partial charge on any atom is -0.381 e. The van der Waals surface area contributed by atoms with E-state index in [4.69, 9.17) is 5.73 Å². The fourth-order valence-electron chi connectivity index (χ4n) is 2.33. The van der Waals surface area contributed by atoms with Gasteiger partial charge in [0.05, 0.1) is 11.4 Å². The lowest BCUT2D eigenvalue weighted by Crippen LogP contribution is -2.20. The molecule has 19 heavy (non-hydrogen) atoms. The number of hydrogen-bond donors (Lipinski definition) is 1. The van der Waals surface area contributed by atoms with Crippen molar-refractivity contribution in [2.45, 2.75) is 46.0 Å². The smallest absolute Gasteiger partial charge is 0.170 e. The van der Waals surface area contributed by atoms with E-state index in [1.165, 1.54) is 5.56 Å². The molecule has 0 radical (unpaired) electrons. The summed E-state index contributed by atoms with van der Waals surface area (Å²) < 4.78 is 1.88. The molecule has 0 aliphatic carbocycles. The van der Waals surface area contributed by atoms with Crippen LogP contribution in [-0.2, 0) is 5.41 Å². The van der Waals surface area contributed by atoms with Crippen molar-refractivity contribution in [1.29, 1.82) is 0 Å². The summed E-state index contributed by atoms with van der Waals surface area (Å²) >= 11 is 0. The quantitative estimate of drug-likeness (QED) is 0.899. The lowest BCUT2D eigenvalue weighted by atomic mass is 9.91. The zero-order chi connectivity index (χ0) is 14.2. The molecule has 0 amide bonds. The van der Waals surface area contributed by atoms with Crippen molar-refractivity contribution < 1.29 is 0 Å². The van der Waals surface area contributed by atoms with Crippen LogP contribution < -0.4 is 5.73 Å².